The van der Waals surface area contributed by atoms with Crippen LogP contribution in [0.5, 0.6) is 0 Å². The van der Waals surface area contributed by atoms with Crippen LogP contribution in [0.15, 0.2) is 39.7 Å². The molecule has 1 saturated heterocycles. The highest BCUT2D eigenvalue weighted by Crippen LogP contribution is 2.18. The number of aromatic nitrogens is 1. The Morgan fingerprint density at radius 2 is 1.74 bits per heavy atom. The number of oxazole rings is 1. The van der Waals surface area contributed by atoms with Crippen LogP contribution in [0, 0.1) is 5.82 Å². The van der Waals surface area contributed by atoms with Crippen LogP contribution in [0.4, 0.5) is 9.18 Å². The van der Waals surface area contributed by atoms with E-state index in [9.17, 15) is 18.8 Å². The Kier molecular flexibility index (Phi) is 5.58. The highest BCUT2D eigenvalue weighted by atomic mass is 19.1. The molecule has 1 aromatic heterocycles. The number of benzene rings is 1. The second kappa shape index (κ2) is 8.07. The molecule has 2 amide bonds. The van der Waals surface area contributed by atoms with Gasteiger partial charge in [-0.1, -0.05) is 0 Å². The third-order valence-electron chi connectivity index (χ3n) is 4.30. The van der Waals surface area contributed by atoms with E-state index in [1.807, 2.05) is 0 Å². The number of carbonyl (C=O) groups is 2. The summed E-state index contributed by atoms with van der Waals surface area (Å²) in [7, 11) is 0. The first-order valence-corrected chi connectivity index (χ1v) is 8.63. The van der Waals surface area contributed by atoms with Crippen LogP contribution >= 0.6 is 0 Å². The van der Waals surface area contributed by atoms with Crippen LogP contribution in [-0.2, 0) is 16.1 Å². The van der Waals surface area contributed by atoms with Gasteiger partial charge in [-0.15, -0.1) is 0 Å². The zero-order valence-corrected chi connectivity index (χ0v) is 14.9. The minimum Gasteiger partial charge on any atom is -0.450 e. The Balaban J connectivity index is 1.61. The van der Waals surface area contributed by atoms with Gasteiger partial charge in [0.05, 0.1) is 12.8 Å². The fraction of sp³-hybridized carbons (Fsp3) is 0.389. The zero-order valence-electron chi connectivity index (χ0n) is 14.9. The number of hydrogen-bond donors (Lipinski definition) is 0. The molecule has 1 aliphatic heterocycles. The maximum atomic E-state index is 13.0. The smallest absolute Gasteiger partial charge is 0.419 e. The van der Waals surface area contributed by atoms with Crippen LogP contribution in [0.1, 0.15) is 6.92 Å². The quantitative estimate of drug-likeness (QED) is 0.807. The zero-order chi connectivity index (χ0) is 19.4. The molecular weight excluding hydrogens is 357 g/mol. The third kappa shape index (κ3) is 4.36. The molecule has 9 heteroatoms. The van der Waals surface area contributed by atoms with Crippen molar-refractivity contribution in [3.05, 3.63) is 46.8 Å². The summed E-state index contributed by atoms with van der Waals surface area (Å²) in [5.41, 5.74) is 0.544. The van der Waals surface area contributed by atoms with Gasteiger partial charge in [0.15, 0.2) is 5.76 Å². The standard InChI is InChI=1S/C18H20FN3O5/c1-2-26-17(24)21-9-7-20(8-10-21)16(23)12-22-11-15(27-18(22)25)13-3-5-14(19)6-4-13/h3-6,11H,2,7-10,12H2,1H3. The molecule has 0 saturated carbocycles. The van der Waals surface area contributed by atoms with Crippen LogP contribution < -0.4 is 5.76 Å². The number of carbonyl (C=O) groups excluding carboxylic acids is 2. The van der Waals surface area contributed by atoms with Crippen LogP contribution in [0.25, 0.3) is 11.3 Å². The number of rotatable bonds is 4. The monoisotopic (exact) mass is 377 g/mol. The second-order valence-corrected chi connectivity index (χ2v) is 6.06. The van der Waals surface area contributed by atoms with Gasteiger partial charge in [0.2, 0.25) is 5.91 Å². The Morgan fingerprint density at radius 1 is 1.11 bits per heavy atom. The van der Waals surface area contributed by atoms with E-state index in [1.165, 1.54) is 35.0 Å². The average molecular weight is 377 g/mol. The van der Waals surface area contributed by atoms with E-state index >= 15 is 0 Å². The highest BCUT2D eigenvalue weighted by Gasteiger charge is 2.25. The van der Waals surface area contributed by atoms with Gasteiger partial charge in [-0.05, 0) is 31.2 Å². The van der Waals surface area contributed by atoms with Gasteiger partial charge in [0.1, 0.15) is 12.4 Å². The molecule has 8 nitrogen and oxygen atoms in total. The normalized spacial score (nSPS) is 14.3. The number of piperazine rings is 1. The molecule has 2 aromatic rings. The lowest BCUT2D eigenvalue weighted by Crippen LogP contribution is -2.51. The minimum absolute atomic E-state index is 0.164. The second-order valence-electron chi connectivity index (χ2n) is 6.06. The summed E-state index contributed by atoms with van der Waals surface area (Å²) >= 11 is 0. The van der Waals surface area contributed by atoms with Crippen molar-refractivity contribution >= 4 is 12.0 Å². The van der Waals surface area contributed by atoms with Gasteiger partial charge < -0.3 is 19.0 Å². The van der Waals surface area contributed by atoms with E-state index < -0.39 is 11.6 Å². The molecule has 0 radical (unpaired) electrons. The van der Waals surface area contributed by atoms with Gasteiger partial charge in [0.25, 0.3) is 0 Å². The molecule has 0 unspecified atom stereocenters. The predicted octanol–water partition coefficient (Wildman–Crippen LogP) is 1.55. The number of amides is 2. The maximum absolute atomic E-state index is 13.0. The lowest BCUT2D eigenvalue weighted by molar-refractivity contribution is -0.133. The first kappa shape index (κ1) is 18.7. The molecule has 0 atom stereocenters. The SMILES string of the molecule is CCOC(=O)N1CCN(C(=O)Cn2cc(-c3ccc(F)cc3)oc2=O)CC1. The molecule has 2 heterocycles. The van der Waals surface area contributed by atoms with Gasteiger partial charge >= 0.3 is 11.8 Å². The van der Waals surface area contributed by atoms with Gasteiger partial charge in [0, 0.05) is 31.7 Å². The number of ether oxygens (including phenoxy) is 1. The molecule has 1 aliphatic rings. The molecule has 0 aliphatic carbocycles. The lowest BCUT2D eigenvalue weighted by Gasteiger charge is -2.34. The van der Waals surface area contributed by atoms with E-state index in [0.717, 1.165) is 0 Å². The number of hydrogen-bond acceptors (Lipinski definition) is 5. The molecule has 1 fully saturated rings. The van der Waals surface area contributed by atoms with Gasteiger partial charge in [-0.3, -0.25) is 9.36 Å². The number of nitrogens with zero attached hydrogens (tertiary/aromatic N) is 3. The Bertz CT molecular complexity index is 866. The molecule has 144 valence electrons. The molecule has 0 bridgehead atoms. The molecule has 0 N–H and O–H groups in total. The van der Waals surface area contributed by atoms with E-state index in [4.69, 9.17) is 9.15 Å². The van der Waals surface area contributed by atoms with Crippen LogP contribution in [0.3, 0.4) is 0 Å². The van der Waals surface area contributed by atoms with E-state index in [1.54, 1.807) is 16.7 Å². The van der Waals surface area contributed by atoms with Crippen LogP contribution in [-0.4, -0.2) is 59.2 Å². The summed E-state index contributed by atoms with van der Waals surface area (Å²) in [6.45, 7) is 3.38. The lowest BCUT2D eigenvalue weighted by atomic mass is 10.2. The van der Waals surface area contributed by atoms with Crippen LogP contribution in [0.2, 0.25) is 0 Å². The fourth-order valence-corrected chi connectivity index (χ4v) is 2.83. The largest absolute Gasteiger partial charge is 0.450 e. The van der Waals surface area contributed by atoms with E-state index in [0.29, 0.717) is 38.3 Å². The first-order valence-electron chi connectivity index (χ1n) is 8.63. The van der Waals surface area contributed by atoms with Crippen molar-refractivity contribution in [2.75, 3.05) is 32.8 Å². The molecule has 27 heavy (non-hydrogen) atoms. The topological polar surface area (TPSA) is 85.0 Å². The summed E-state index contributed by atoms with van der Waals surface area (Å²) in [5, 5.41) is 0. The summed E-state index contributed by atoms with van der Waals surface area (Å²) in [6.07, 6.45) is 1.04. The van der Waals surface area contributed by atoms with Crippen molar-refractivity contribution in [3.63, 3.8) is 0 Å². The van der Waals surface area contributed by atoms with Crippen molar-refractivity contribution in [2.45, 2.75) is 13.5 Å². The predicted molar refractivity (Wildman–Crippen MR) is 93.5 cm³/mol. The van der Waals surface area contributed by atoms with Gasteiger partial charge in [-0.2, -0.15) is 0 Å². The molecule has 3 rings (SSSR count). The third-order valence-corrected chi connectivity index (χ3v) is 4.30. The highest BCUT2D eigenvalue weighted by molar-refractivity contribution is 5.76. The maximum Gasteiger partial charge on any atom is 0.419 e. The summed E-state index contributed by atoms with van der Waals surface area (Å²) in [4.78, 5) is 39.3. The van der Waals surface area contributed by atoms with E-state index in [2.05, 4.69) is 0 Å². The van der Waals surface area contributed by atoms with Crippen molar-refractivity contribution in [3.8, 4) is 11.3 Å². The first-order chi connectivity index (χ1) is 13.0. The van der Waals surface area contributed by atoms with Crippen molar-refractivity contribution < 1.29 is 23.1 Å². The van der Waals surface area contributed by atoms with E-state index in [-0.39, 0.29) is 24.3 Å². The Labute approximate surface area is 154 Å². The van der Waals surface area contributed by atoms with Gasteiger partial charge in [-0.25, -0.2) is 14.0 Å². The Hall–Kier alpha value is -3.10. The summed E-state index contributed by atoms with van der Waals surface area (Å²) < 4.78 is 24.3. The molecule has 0 spiro atoms. The summed E-state index contributed by atoms with van der Waals surface area (Å²) in [6, 6.07) is 5.52. The summed E-state index contributed by atoms with van der Waals surface area (Å²) in [5.74, 6) is -1.03. The fourth-order valence-electron chi connectivity index (χ4n) is 2.83. The Morgan fingerprint density at radius 3 is 2.37 bits per heavy atom. The average Bonchev–Trinajstić information content (AvgIpc) is 3.03. The number of halogens is 1. The molecular formula is C18H20FN3O5. The minimum atomic E-state index is -0.659. The van der Waals surface area contributed by atoms with Crippen molar-refractivity contribution in [1.82, 2.24) is 14.4 Å². The molecule has 1 aromatic carbocycles. The van der Waals surface area contributed by atoms with Crippen molar-refractivity contribution in [2.24, 2.45) is 0 Å². The van der Waals surface area contributed by atoms with Crippen molar-refractivity contribution in [1.29, 1.82) is 0 Å².